The van der Waals surface area contributed by atoms with Crippen LogP contribution in [-0.2, 0) is 6.61 Å². The van der Waals surface area contributed by atoms with E-state index in [0.29, 0.717) is 25.2 Å². The molecule has 1 unspecified atom stereocenters. The molecule has 0 spiro atoms. The molecule has 0 saturated carbocycles. The Balaban J connectivity index is 1.82. The Labute approximate surface area is 169 Å². The molecule has 3 rings (SSSR count). The standard InChI is InChI=1S/C24H34N2O2/c1-4-19(3)24(26-15-13-25-14-16-26)21-11-12-22(23(17-21)27-5-2)28-18-20-9-7-6-8-10-20/h6-12,17,19,24-25H,4-5,13-16,18H2,1-3H3/t19?,24-/m1/s1. The first-order chi connectivity index (χ1) is 13.7. The van der Waals surface area contributed by atoms with Gasteiger partial charge in [-0.1, -0.05) is 56.7 Å². The Hall–Kier alpha value is -2.04. The van der Waals surface area contributed by atoms with Crippen molar-refractivity contribution in [1.29, 1.82) is 0 Å². The number of piperazine rings is 1. The molecular weight excluding hydrogens is 348 g/mol. The summed E-state index contributed by atoms with van der Waals surface area (Å²) >= 11 is 0. The van der Waals surface area contributed by atoms with Crippen molar-refractivity contribution in [2.45, 2.75) is 39.8 Å². The molecule has 1 fully saturated rings. The van der Waals surface area contributed by atoms with Gasteiger partial charge in [0.05, 0.1) is 6.61 Å². The molecule has 28 heavy (non-hydrogen) atoms. The lowest BCUT2D eigenvalue weighted by molar-refractivity contribution is 0.128. The van der Waals surface area contributed by atoms with E-state index in [1.807, 2.05) is 25.1 Å². The maximum Gasteiger partial charge on any atom is 0.161 e. The molecule has 1 heterocycles. The summed E-state index contributed by atoms with van der Waals surface area (Å²) in [6, 6.07) is 17.2. The van der Waals surface area contributed by atoms with Crippen molar-refractivity contribution in [3.63, 3.8) is 0 Å². The van der Waals surface area contributed by atoms with Crippen LogP contribution in [0.1, 0.15) is 44.4 Å². The zero-order valence-electron chi connectivity index (χ0n) is 17.5. The summed E-state index contributed by atoms with van der Waals surface area (Å²) < 4.78 is 12.1. The van der Waals surface area contributed by atoms with Gasteiger partial charge in [0.25, 0.3) is 0 Å². The first-order valence-electron chi connectivity index (χ1n) is 10.6. The summed E-state index contributed by atoms with van der Waals surface area (Å²) in [5.74, 6) is 2.25. The SMILES string of the molecule is CCOc1cc([C@@H](C(C)CC)N2CCNCC2)ccc1OCc1ccccc1. The summed E-state index contributed by atoms with van der Waals surface area (Å²) in [4.78, 5) is 2.61. The van der Waals surface area contributed by atoms with E-state index in [1.165, 1.54) is 5.56 Å². The van der Waals surface area contributed by atoms with Crippen LogP contribution in [0.3, 0.4) is 0 Å². The highest BCUT2D eigenvalue weighted by Gasteiger charge is 2.27. The third kappa shape index (κ3) is 5.27. The zero-order valence-corrected chi connectivity index (χ0v) is 17.5. The second-order valence-corrected chi connectivity index (χ2v) is 7.53. The van der Waals surface area contributed by atoms with E-state index in [9.17, 15) is 0 Å². The first kappa shape index (κ1) is 20.7. The maximum atomic E-state index is 6.09. The molecule has 2 atom stereocenters. The van der Waals surface area contributed by atoms with Crippen molar-refractivity contribution in [2.75, 3.05) is 32.8 Å². The minimum Gasteiger partial charge on any atom is -0.490 e. The van der Waals surface area contributed by atoms with Gasteiger partial charge < -0.3 is 14.8 Å². The van der Waals surface area contributed by atoms with Crippen LogP contribution in [-0.4, -0.2) is 37.7 Å². The summed E-state index contributed by atoms with van der Waals surface area (Å²) in [6.07, 6.45) is 1.16. The fourth-order valence-electron chi connectivity index (χ4n) is 3.91. The van der Waals surface area contributed by atoms with E-state index in [4.69, 9.17) is 9.47 Å². The molecule has 0 amide bonds. The summed E-state index contributed by atoms with van der Waals surface area (Å²) in [5, 5.41) is 3.46. The van der Waals surface area contributed by atoms with Crippen molar-refractivity contribution in [3.8, 4) is 11.5 Å². The minimum absolute atomic E-state index is 0.412. The lowest BCUT2D eigenvalue weighted by Gasteiger charge is -2.38. The quantitative estimate of drug-likeness (QED) is 0.684. The molecule has 2 aromatic carbocycles. The number of hydrogen-bond donors (Lipinski definition) is 1. The molecule has 0 aromatic heterocycles. The lowest BCUT2D eigenvalue weighted by Crippen LogP contribution is -2.46. The molecule has 0 aliphatic carbocycles. The lowest BCUT2D eigenvalue weighted by atomic mass is 9.90. The van der Waals surface area contributed by atoms with Crippen LogP contribution >= 0.6 is 0 Å². The molecule has 4 heteroatoms. The fraction of sp³-hybridized carbons (Fsp3) is 0.500. The highest BCUT2D eigenvalue weighted by atomic mass is 16.5. The van der Waals surface area contributed by atoms with Gasteiger partial charge in [-0.05, 0) is 36.1 Å². The van der Waals surface area contributed by atoms with E-state index in [-0.39, 0.29) is 0 Å². The van der Waals surface area contributed by atoms with E-state index in [0.717, 1.165) is 49.7 Å². The zero-order chi connectivity index (χ0) is 19.8. The number of nitrogens with zero attached hydrogens (tertiary/aromatic N) is 1. The van der Waals surface area contributed by atoms with Crippen molar-refractivity contribution in [2.24, 2.45) is 5.92 Å². The molecule has 152 valence electrons. The van der Waals surface area contributed by atoms with Crippen LogP contribution in [0.2, 0.25) is 0 Å². The first-order valence-corrected chi connectivity index (χ1v) is 10.6. The van der Waals surface area contributed by atoms with E-state index < -0.39 is 0 Å². The Morgan fingerprint density at radius 1 is 0.964 bits per heavy atom. The number of ether oxygens (including phenoxy) is 2. The number of hydrogen-bond acceptors (Lipinski definition) is 4. The monoisotopic (exact) mass is 382 g/mol. The van der Waals surface area contributed by atoms with E-state index in [2.05, 4.69) is 54.4 Å². The molecule has 4 nitrogen and oxygen atoms in total. The Kier molecular flexibility index (Phi) is 7.75. The minimum atomic E-state index is 0.412. The van der Waals surface area contributed by atoms with Gasteiger partial charge in [0.1, 0.15) is 6.61 Å². The highest BCUT2D eigenvalue weighted by molar-refractivity contribution is 5.44. The van der Waals surface area contributed by atoms with Crippen LogP contribution in [0.5, 0.6) is 11.5 Å². The normalized spacial score (nSPS) is 17.1. The third-order valence-electron chi connectivity index (χ3n) is 5.57. The van der Waals surface area contributed by atoms with Gasteiger partial charge in [0, 0.05) is 32.2 Å². The summed E-state index contributed by atoms with van der Waals surface area (Å²) in [5.41, 5.74) is 2.49. The largest absolute Gasteiger partial charge is 0.490 e. The average molecular weight is 383 g/mol. The van der Waals surface area contributed by atoms with Crippen LogP contribution in [0.25, 0.3) is 0 Å². The Bertz CT molecular complexity index is 714. The Morgan fingerprint density at radius 3 is 2.39 bits per heavy atom. The second kappa shape index (κ2) is 10.5. The van der Waals surface area contributed by atoms with Gasteiger partial charge in [0.15, 0.2) is 11.5 Å². The molecular formula is C24H34N2O2. The van der Waals surface area contributed by atoms with Gasteiger partial charge in [0.2, 0.25) is 0 Å². The van der Waals surface area contributed by atoms with Gasteiger partial charge in [-0.15, -0.1) is 0 Å². The number of benzene rings is 2. The van der Waals surface area contributed by atoms with Crippen LogP contribution in [0, 0.1) is 5.92 Å². The predicted octanol–water partition coefficient (Wildman–Crippen LogP) is 4.66. The third-order valence-corrected chi connectivity index (χ3v) is 5.57. The van der Waals surface area contributed by atoms with Crippen molar-refractivity contribution in [1.82, 2.24) is 10.2 Å². The smallest absolute Gasteiger partial charge is 0.161 e. The van der Waals surface area contributed by atoms with Crippen molar-refractivity contribution in [3.05, 3.63) is 59.7 Å². The predicted molar refractivity (Wildman–Crippen MR) is 115 cm³/mol. The fourth-order valence-corrected chi connectivity index (χ4v) is 3.91. The summed E-state index contributed by atoms with van der Waals surface area (Å²) in [7, 11) is 0. The van der Waals surface area contributed by atoms with E-state index in [1.54, 1.807) is 0 Å². The topological polar surface area (TPSA) is 33.7 Å². The van der Waals surface area contributed by atoms with E-state index >= 15 is 0 Å². The van der Waals surface area contributed by atoms with Gasteiger partial charge in [-0.3, -0.25) is 4.90 Å². The number of rotatable bonds is 9. The summed E-state index contributed by atoms with van der Waals surface area (Å²) in [6.45, 7) is 12.1. The van der Waals surface area contributed by atoms with Gasteiger partial charge >= 0.3 is 0 Å². The molecule has 1 N–H and O–H groups in total. The van der Waals surface area contributed by atoms with Gasteiger partial charge in [-0.2, -0.15) is 0 Å². The van der Waals surface area contributed by atoms with Gasteiger partial charge in [-0.25, -0.2) is 0 Å². The van der Waals surface area contributed by atoms with Crippen molar-refractivity contribution >= 4 is 0 Å². The molecule has 1 aliphatic rings. The molecule has 0 bridgehead atoms. The molecule has 2 aromatic rings. The average Bonchev–Trinajstić information content (AvgIpc) is 2.75. The van der Waals surface area contributed by atoms with Crippen LogP contribution < -0.4 is 14.8 Å². The maximum absolute atomic E-state index is 6.09. The van der Waals surface area contributed by atoms with Crippen LogP contribution in [0.4, 0.5) is 0 Å². The molecule has 1 saturated heterocycles. The number of nitrogens with one attached hydrogen (secondary N) is 1. The van der Waals surface area contributed by atoms with Crippen molar-refractivity contribution < 1.29 is 9.47 Å². The Morgan fingerprint density at radius 2 is 1.71 bits per heavy atom. The molecule has 1 aliphatic heterocycles. The molecule has 0 radical (unpaired) electrons. The van der Waals surface area contributed by atoms with Crippen LogP contribution in [0.15, 0.2) is 48.5 Å². The second-order valence-electron chi connectivity index (χ2n) is 7.53. The highest BCUT2D eigenvalue weighted by Crippen LogP contribution is 2.37.